The Morgan fingerprint density at radius 1 is 1.27 bits per heavy atom. The topological polar surface area (TPSA) is 55.3 Å². The van der Waals surface area contributed by atoms with Crippen molar-refractivity contribution in [1.29, 1.82) is 0 Å². The number of nitrogens with zero attached hydrogens (tertiary/aromatic N) is 3. The normalized spacial score (nSPS) is 10.5. The number of aromatic nitrogens is 2. The van der Waals surface area contributed by atoms with E-state index in [2.05, 4.69) is 15.7 Å². The lowest BCUT2D eigenvalue weighted by atomic mass is 10.1. The number of benzene rings is 1. The van der Waals surface area contributed by atoms with Crippen LogP contribution < -0.4 is 4.74 Å². The fourth-order valence-corrected chi connectivity index (χ4v) is 2.94. The second kappa shape index (κ2) is 7.35. The van der Waals surface area contributed by atoms with Gasteiger partial charge in [0.25, 0.3) is 5.91 Å². The molecule has 1 aromatic heterocycles. The number of rotatable bonds is 6. The van der Waals surface area contributed by atoms with Gasteiger partial charge in [0, 0.05) is 7.05 Å². The Balaban J connectivity index is 1.90. The quantitative estimate of drug-likeness (QED) is 0.821. The van der Waals surface area contributed by atoms with Gasteiger partial charge >= 0.3 is 0 Å². The average molecular weight is 319 g/mol. The van der Waals surface area contributed by atoms with Crippen molar-refractivity contribution in [2.24, 2.45) is 0 Å². The molecule has 2 aromatic rings. The SMILES string of the molecule is CCc1nnsc1C(=O)N(C)CCOc1cc(C)cc(C)c1. The predicted octanol–water partition coefficient (Wildman–Crippen LogP) is 2.87. The average Bonchev–Trinajstić information content (AvgIpc) is 2.93. The molecule has 0 atom stereocenters. The molecule has 6 heteroatoms. The van der Waals surface area contributed by atoms with Gasteiger partial charge in [0.05, 0.1) is 12.2 Å². The van der Waals surface area contributed by atoms with Gasteiger partial charge in [-0.1, -0.05) is 17.5 Å². The zero-order chi connectivity index (χ0) is 16.1. The monoisotopic (exact) mass is 319 g/mol. The third-order valence-electron chi connectivity index (χ3n) is 3.32. The Hall–Kier alpha value is -1.95. The van der Waals surface area contributed by atoms with Crippen molar-refractivity contribution in [1.82, 2.24) is 14.5 Å². The van der Waals surface area contributed by atoms with Crippen LogP contribution in [0.3, 0.4) is 0 Å². The predicted molar refractivity (Wildman–Crippen MR) is 87.7 cm³/mol. The number of carbonyl (C=O) groups is 1. The first-order chi connectivity index (χ1) is 10.5. The van der Waals surface area contributed by atoms with E-state index < -0.39 is 0 Å². The van der Waals surface area contributed by atoms with E-state index in [1.807, 2.05) is 32.9 Å². The summed E-state index contributed by atoms with van der Waals surface area (Å²) in [5, 5.41) is 3.98. The van der Waals surface area contributed by atoms with Crippen molar-refractivity contribution in [3.8, 4) is 5.75 Å². The van der Waals surface area contributed by atoms with E-state index >= 15 is 0 Å². The minimum absolute atomic E-state index is 0.0455. The molecule has 0 N–H and O–H groups in total. The molecule has 0 aliphatic carbocycles. The summed E-state index contributed by atoms with van der Waals surface area (Å²) in [4.78, 5) is 14.6. The highest BCUT2D eigenvalue weighted by atomic mass is 32.1. The maximum absolute atomic E-state index is 12.3. The van der Waals surface area contributed by atoms with Gasteiger partial charge in [-0.3, -0.25) is 4.79 Å². The molecule has 0 aliphatic heterocycles. The highest BCUT2D eigenvalue weighted by Crippen LogP contribution is 2.17. The summed E-state index contributed by atoms with van der Waals surface area (Å²) in [5.74, 6) is 0.794. The van der Waals surface area contributed by atoms with E-state index in [1.54, 1.807) is 11.9 Å². The summed E-state index contributed by atoms with van der Waals surface area (Å²) in [6.07, 6.45) is 0.713. The van der Waals surface area contributed by atoms with E-state index in [1.165, 1.54) is 11.1 Å². The number of ether oxygens (including phenoxy) is 1. The van der Waals surface area contributed by atoms with Gasteiger partial charge in [-0.05, 0) is 55.1 Å². The molecule has 0 bridgehead atoms. The fraction of sp³-hybridized carbons (Fsp3) is 0.438. The highest BCUT2D eigenvalue weighted by molar-refractivity contribution is 7.07. The molecule has 0 fully saturated rings. The van der Waals surface area contributed by atoms with Crippen LogP contribution in [0.1, 0.15) is 33.4 Å². The molecular weight excluding hydrogens is 298 g/mol. The third kappa shape index (κ3) is 4.04. The van der Waals surface area contributed by atoms with Crippen molar-refractivity contribution in [2.75, 3.05) is 20.2 Å². The van der Waals surface area contributed by atoms with Crippen molar-refractivity contribution in [2.45, 2.75) is 27.2 Å². The second-order valence-electron chi connectivity index (χ2n) is 5.30. The summed E-state index contributed by atoms with van der Waals surface area (Å²) in [7, 11) is 1.77. The Morgan fingerprint density at radius 3 is 2.59 bits per heavy atom. The molecule has 5 nitrogen and oxygen atoms in total. The molecule has 1 amide bonds. The smallest absolute Gasteiger partial charge is 0.267 e. The van der Waals surface area contributed by atoms with Gasteiger partial charge in [-0.2, -0.15) is 0 Å². The van der Waals surface area contributed by atoms with E-state index in [9.17, 15) is 4.79 Å². The molecule has 0 radical (unpaired) electrons. The Kier molecular flexibility index (Phi) is 5.49. The fourth-order valence-electron chi connectivity index (χ4n) is 2.19. The van der Waals surface area contributed by atoms with Crippen molar-refractivity contribution < 1.29 is 9.53 Å². The van der Waals surface area contributed by atoms with Gasteiger partial charge in [-0.25, -0.2) is 0 Å². The lowest BCUT2D eigenvalue weighted by Crippen LogP contribution is -2.31. The van der Waals surface area contributed by atoms with Crippen LogP contribution in [0, 0.1) is 13.8 Å². The minimum atomic E-state index is -0.0455. The number of amides is 1. The van der Waals surface area contributed by atoms with Gasteiger partial charge in [0.1, 0.15) is 17.2 Å². The van der Waals surface area contributed by atoms with Crippen LogP contribution in [-0.2, 0) is 6.42 Å². The first-order valence-corrected chi connectivity index (χ1v) is 8.06. The van der Waals surface area contributed by atoms with Crippen LogP contribution in [0.5, 0.6) is 5.75 Å². The first kappa shape index (κ1) is 16.4. The molecular formula is C16H21N3O2S. The molecule has 2 rings (SSSR count). The molecule has 0 spiro atoms. The lowest BCUT2D eigenvalue weighted by molar-refractivity contribution is 0.0777. The van der Waals surface area contributed by atoms with E-state index in [4.69, 9.17) is 4.74 Å². The van der Waals surface area contributed by atoms with Crippen LogP contribution >= 0.6 is 11.5 Å². The number of carbonyl (C=O) groups excluding carboxylic acids is 1. The van der Waals surface area contributed by atoms with Crippen LogP contribution in [0.2, 0.25) is 0 Å². The Bertz CT molecular complexity index is 634. The third-order valence-corrected chi connectivity index (χ3v) is 4.08. The number of likely N-dealkylation sites (N-methyl/N-ethyl adjacent to an activating group) is 1. The van der Waals surface area contributed by atoms with E-state index in [0.717, 1.165) is 23.0 Å². The second-order valence-corrected chi connectivity index (χ2v) is 6.06. The van der Waals surface area contributed by atoms with E-state index in [0.29, 0.717) is 24.4 Å². The van der Waals surface area contributed by atoms with Crippen molar-refractivity contribution >= 4 is 17.4 Å². The summed E-state index contributed by atoms with van der Waals surface area (Å²) in [6.45, 7) is 7.03. The molecule has 0 aliphatic rings. The maximum Gasteiger partial charge on any atom is 0.267 e. The van der Waals surface area contributed by atoms with Gasteiger partial charge < -0.3 is 9.64 Å². The van der Waals surface area contributed by atoms with Crippen LogP contribution in [0.4, 0.5) is 0 Å². The Morgan fingerprint density at radius 2 is 1.95 bits per heavy atom. The molecule has 118 valence electrons. The molecule has 0 unspecified atom stereocenters. The first-order valence-electron chi connectivity index (χ1n) is 7.29. The zero-order valence-electron chi connectivity index (χ0n) is 13.4. The molecule has 0 saturated carbocycles. The largest absolute Gasteiger partial charge is 0.492 e. The van der Waals surface area contributed by atoms with Gasteiger partial charge in [0.15, 0.2) is 0 Å². The molecule has 22 heavy (non-hydrogen) atoms. The summed E-state index contributed by atoms with van der Waals surface area (Å²) in [6, 6.07) is 6.10. The maximum atomic E-state index is 12.3. The highest BCUT2D eigenvalue weighted by Gasteiger charge is 2.18. The van der Waals surface area contributed by atoms with Crippen molar-refractivity contribution in [3.05, 3.63) is 39.9 Å². The minimum Gasteiger partial charge on any atom is -0.492 e. The summed E-state index contributed by atoms with van der Waals surface area (Å²) in [5.41, 5.74) is 3.10. The zero-order valence-corrected chi connectivity index (χ0v) is 14.2. The number of hydrogen-bond donors (Lipinski definition) is 0. The van der Waals surface area contributed by atoms with Crippen LogP contribution in [0.25, 0.3) is 0 Å². The van der Waals surface area contributed by atoms with Crippen LogP contribution in [-0.4, -0.2) is 40.6 Å². The summed E-state index contributed by atoms with van der Waals surface area (Å²) < 4.78 is 9.60. The standard InChI is InChI=1S/C16H21N3O2S/c1-5-14-15(22-18-17-14)16(20)19(4)6-7-21-13-9-11(2)8-12(3)10-13/h8-10H,5-7H2,1-4H3. The molecule has 1 aromatic carbocycles. The van der Waals surface area contributed by atoms with Gasteiger partial charge in [-0.15, -0.1) is 5.10 Å². The molecule has 1 heterocycles. The lowest BCUT2D eigenvalue weighted by Gasteiger charge is -2.17. The summed E-state index contributed by atoms with van der Waals surface area (Å²) >= 11 is 1.15. The van der Waals surface area contributed by atoms with Crippen molar-refractivity contribution in [3.63, 3.8) is 0 Å². The number of hydrogen-bond acceptors (Lipinski definition) is 5. The number of aryl methyl sites for hydroxylation is 3. The Labute approximate surface area is 135 Å². The van der Waals surface area contributed by atoms with Crippen LogP contribution in [0.15, 0.2) is 18.2 Å². The van der Waals surface area contributed by atoms with Gasteiger partial charge in [0.2, 0.25) is 0 Å². The molecule has 0 saturated heterocycles. The van der Waals surface area contributed by atoms with E-state index in [-0.39, 0.29) is 5.91 Å².